The van der Waals surface area contributed by atoms with Gasteiger partial charge in [-0.3, -0.25) is 4.79 Å². The van der Waals surface area contributed by atoms with Crippen LogP contribution in [0.5, 0.6) is 5.88 Å². The van der Waals surface area contributed by atoms with Gasteiger partial charge in [0.2, 0.25) is 5.88 Å². The minimum atomic E-state index is 0.401. The van der Waals surface area contributed by atoms with Crippen molar-refractivity contribution in [3.63, 3.8) is 0 Å². The maximum atomic E-state index is 11.1. The largest absolute Gasteiger partial charge is 0.480 e. The second kappa shape index (κ2) is 6.06. The van der Waals surface area contributed by atoms with Crippen molar-refractivity contribution in [2.75, 3.05) is 7.11 Å². The van der Waals surface area contributed by atoms with Crippen LogP contribution in [-0.2, 0) is 0 Å². The molecule has 0 amide bonds. The lowest BCUT2D eigenvalue weighted by Gasteiger charge is -2.06. The van der Waals surface area contributed by atoms with Crippen LogP contribution in [0.2, 0.25) is 5.02 Å². The highest BCUT2D eigenvalue weighted by atomic mass is 35.5. The lowest BCUT2D eigenvalue weighted by atomic mass is 10.1. The predicted octanol–water partition coefficient (Wildman–Crippen LogP) is 4.69. The summed E-state index contributed by atoms with van der Waals surface area (Å²) in [5.41, 5.74) is 4.67. The van der Waals surface area contributed by atoms with E-state index in [1.54, 1.807) is 25.4 Å². The minimum Gasteiger partial charge on any atom is -0.480 e. The molecule has 2 heterocycles. The lowest BCUT2D eigenvalue weighted by molar-refractivity contribution is 0.112. The Hall–Kier alpha value is -2.57. The Morgan fingerprint density at radius 2 is 2.00 bits per heavy atom. The standard InChI is InChI=1S/C18H12ClN3O2S/c1-9-3-11(17-14(4-9)21-16(24-2)7-20-17)18-22-13-6-12(19)10(8-23)5-15(13)25-18/h3-8H,1-2H3. The van der Waals surface area contributed by atoms with Crippen molar-refractivity contribution in [1.29, 1.82) is 0 Å². The van der Waals surface area contributed by atoms with Gasteiger partial charge >= 0.3 is 0 Å². The van der Waals surface area contributed by atoms with Gasteiger partial charge in [-0.05, 0) is 36.8 Å². The quantitative estimate of drug-likeness (QED) is 0.490. The van der Waals surface area contributed by atoms with E-state index in [2.05, 4.69) is 15.0 Å². The van der Waals surface area contributed by atoms with Crippen molar-refractivity contribution in [3.05, 3.63) is 46.6 Å². The van der Waals surface area contributed by atoms with Gasteiger partial charge in [-0.25, -0.2) is 15.0 Å². The van der Waals surface area contributed by atoms with E-state index in [4.69, 9.17) is 16.3 Å². The van der Waals surface area contributed by atoms with E-state index in [9.17, 15) is 4.79 Å². The van der Waals surface area contributed by atoms with E-state index < -0.39 is 0 Å². The summed E-state index contributed by atoms with van der Waals surface area (Å²) in [4.78, 5) is 24.7. The summed E-state index contributed by atoms with van der Waals surface area (Å²) in [5, 5.41) is 1.21. The molecule has 25 heavy (non-hydrogen) atoms. The van der Waals surface area contributed by atoms with Crippen molar-refractivity contribution in [3.8, 4) is 16.5 Å². The first-order chi connectivity index (χ1) is 12.1. The maximum Gasteiger partial charge on any atom is 0.232 e. The maximum absolute atomic E-state index is 11.1. The molecule has 0 unspecified atom stereocenters. The molecule has 124 valence electrons. The Kier molecular flexibility index (Phi) is 3.86. The second-order valence-corrected chi connectivity index (χ2v) is 7.01. The molecule has 4 aromatic rings. The summed E-state index contributed by atoms with van der Waals surface area (Å²) in [6.45, 7) is 2.00. The number of ether oxygens (including phenoxy) is 1. The molecule has 0 bridgehead atoms. The molecule has 2 aromatic carbocycles. The number of carbonyl (C=O) groups excluding carboxylic acids is 1. The molecule has 0 aliphatic rings. The van der Waals surface area contributed by atoms with Crippen molar-refractivity contribution < 1.29 is 9.53 Å². The second-order valence-electron chi connectivity index (χ2n) is 5.57. The van der Waals surface area contributed by atoms with Crippen molar-refractivity contribution in [2.24, 2.45) is 0 Å². The molecule has 0 fully saturated rings. The number of benzene rings is 2. The smallest absolute Gasteiger partial charge is 0.232 e. The number of nitrogens with zero attached hydrogens (tertiary/aromatic N) is 3. The summed E-state index contributed by atoms with van der Waals surface area (Å²) < 4.78 is 6.06. The topological polar surface area (TPSA) is 65.0 Å². The van der Waals surface area contributed by atoms with E-state index in [1.165, 1.54) is 11.3 Å². The molecule has 2 aromatic heterocycles. The van der Waals surface area contributed by atoms with Crippen LogP contribution in [0.3, 0.4) is 0 Å². The third-order valence-corrected chi connectivity index (χ3v) is 5.22. The van der Waals surface area contributed by atoms with Gasteiger partial charge in [0.1, 0.15) is 5.01 Å². The summed E-state index contributed by atoms with van der Waals surface area (Å²) >= 11 is 7.60. The fourth-order valence-electron chi connectivity index (χ4n) is 2.68. The highest BCUT2D eigenvalue weighted by Crippen LogP contribution is 2.36. The number of aldehydes is 1. The molecule has 0 aliphatic heterocycles. The highest BCUT2D eigenvalue weighted by Gasteiger charge is 2.14. The van der Waals surface area contributed by atoms with Gasteiger partial charge in [0, 0.05) is 11.1 Å². The molecule has 7 heteroatoms. The molecule has 0 atom stereocenters. The fourth-order valence-corrected chi connectivity index (χ4v) is 3.89. The number of carbonyl (C=O) groups is 1. The molecule has 0 N–H and O–H groups in total. The number of rotatable bonds is 3. The Morgan fingerprint density at radius 3 is 2.76 bits per heavy atom. The lowest BCUT2D eigenvalue weighted by Crippen LogP contribution is -1.93. The molecular formula is C18H12ClN3O2S. The van der Waals surface area contributed by atoms with Gasteiger partial charge < -0.3 is 4.74 Å². The van der Waals surface area contributed by atoms with Gasteiger partial charge in [-0.2, -0.15) is 0 Å². The van der Waals surface area contributed by atoms with Gasteiger partial charge in [0.15, 0.2) is 6.29 Å². The van der Waals surface area contributed by atoms with Crippen LogP contribution in [0.1, 0.15) is 15.9 Å². The number of hydrogen-bond donors (Lipinski definition) is 0. The number of aryl methyl sites for hydroxylation is 1. The zero-order chi connectivity index (χ0) is 17.6. The molecule has 4 rings (SSSR count). The predicted molar refractivity (Wildman–Crippen MR) is 99.8 cm³/mol. The zero-order valence-corrected chi connectivity index (χ0v) is 15.0. The van der Waals surface area contributed by atoms with Gasteiger partial charge in [-0.15, -0.1) is 11.3 Å². The third-order valence-electron chi connectivity index (χ3n) is 3.84. The van der Waals surface area contributed by atoms with Crippen LogP contribution in [-0.4, -0.2) is 28.3 Å². The molecule has 0 aliphatic carbocycles. The number of halogens is 1. The minimum absolute atomic E-state index is 0.401. The first-order valence-electron chi connectivity index (χ1n) is 7.46. The molecule has 0 radical (unpaired) electrons. The Balaban J connectivity index is 1.97. The van der Waals surface area contributed by atoms with E-state index >= 15 is 0 Å². The number of thiazole rings is 1. The Bertz CT molecular complexity index is 1140. The summed E-state index contributed by atoms with van der Waals surface area (Å²) in [6.07, 6.45) is 2.34. The van der Waals surface area contributed by atoms with Crippen LogP contribution in [0.25, 0.3) is 31.8 Å². The van der Waals surface area contributed by atoms with Gasteiger partial charge in [0.25, 0.3) is 0 Å². The summed E-state index contributed by atoms with van der Waals surface area (Å²) in [5.74, 6) is 0.468. The fraction of sp³-hybridized carbons (Fsp3) is 0.111. The highest BCUT2D eigenvalue weighted by molar-refractivity contribution is 7.21. The van der Waals surface area contributed by atoms with Crippen LogP contribution in [0.4, 0.5) is 0 Å². The third kappa shape index (κ3) is 2.73. The molecule has 0 saturated carbocycles. The van der Waals surface area contributed by atoms with Crippen LogP contribution in [0, 0.1) is 6.92 Å². The summed E-state index contributed by atoms with van der Waals surface area (Å²) in [6, 6.07) is 7.47. The Morgan fingerprint density at radius 1 is 1.16 bits per heavy atom. The number of fused-ring (bicyclic) bond motifs is 2. The first kappa shape index (κ1) is 15.9. The van der Waals surface area contributed by atoms with Crippen molar-refractivity contribution in [1.82, 2.24) is 15.0 Å². The number of methoxy groups -OCH3 is 1. The molecular weight excluding hydrogens is 358 g/mol. The van der Waals surface area contributed by atoms with E-state index in [1.807, 2.05) is 19.1 Å². The van der Waals surface area contributed by atoms with Crippen molar-refractivity contribution >= 4 is 50.5 Å². The van der Waals surface area contributed by atoms with Crippen LogP contribution in [0.15, 0.2) is 30.5 Å². The number of hydrogen-bond acceptors (Lipinski definition) is 6. The average molecular weight is 370 g/mol. The van der Waals surface area contributed by atoms with Crippen LogP contribution >= 0.6 is 22.9 Å². The normalized spacial score (nSPS) is 11.2. The molecule has 0 spiro atoms. The van der Waals surface area contributed by atoms with E-state index in [0.29, 0.717) is 16.5 Å². The monoisotopic (exact) mass is 369 g/mol. The first-order valence-corrected chi connectivity index (χ1v) is 8.65. The summed E-state index contributed by atoms with van der Waals surface area (Å²) in [7, 11) is 1.56. The Labute approximate surface area is 152 Å². The van der Waals surface area contributed by atoms with E-state index in [0.717, 1.165) is 43.7 Å². The molecule has 5 nitrogen and oxygen atoms in total. The van der Waals surface area contributed by atoms with Crippen LogP contribution < -0.4 is 4.74 Å². The average Bonchev–Trinajstić information content (AvgIpc) is 3.02. The van der Waals surface area contributed by atoms with Crippen molar-refractivity contribution in [2.45, 2.75) is 6.92 Å². The van der Waals surface area contributed by atoms with E-state index in [-0.39, 0.29) is 0 Å². The van der Waals surface area contributed by atoms with Gasteiger partial charge in [0.05, 0.1) is 39.6 Å². The molecule has 0 saturated heterocycles. The SMILES string of the molecule is COc1cnc2c(-c3nc4cc(Cl)c(C=O)cc4s3)cc(C)cc2n1. The zero-order valence-electron chi connectivity index (χ0n) is 13.4. The number of aromatic nitrogens is 3. The van der Waals surface area contributed by atoms with Gasteiger partial charge in [-0.1, -0.05) is 11.6 Å².